The van der Waals surface area contributed by atoms with E-state index in [0.717, 1.165) is 38.5 Å². The SMILES string of the molecule is C[C@]1(CCc2ccccc2)O[C@@H]2N3[C@H]1O[C@@](C)(CCc1ccccc1)[C@@H]3O[C@@]2(C)CCc1ccccc1. The first-order chi connectivity index (χ1) is 17.9. The van der Waals surface area contributed by atoms with Gasteiger partial charge in [-0.25, -0.2) is 4.90 Å². The van der Waals surface area contributed by atoms with E-state index in [1.165, 1.54) is 16.7 Å². The number of aryl methyl sites for hydroxylation is 3. The highest BCUT2D eigenvalue weighted by atomic mass is 16.7. The van der Waals surface area contributed by atoms with Gasteiger partial charge in [0, 0.05) is 0 Å². The third-order valence-corrected chi connectivity index (χ3v) is 8.78. The molecule has 3 aliphatic rings. The monoisotopic (exact) mass is 497 g/mol. The number of hydrogen-bond donors (Lipinski definition) is 0. The normalized spacial score (nSPS) is 34.6. The van der Waals surface area contributed by atoms with Gasteiger partial charge in [-0.05, 0) is 76.0 Å². The van der Waals surface area contributed by atoms with Crippen molar-refractivity contribution in [2.75, 3.05) is 0 Å². The largest absolute Gasteiger partial charge is 0.350 e. The summed E-state index contributed by atoms with van der Waals surface area (Å²) in [6, 6.07) is 32.1. The molecule has 6 rings (SSSR count). The Morgan fingerprint density at radius 2 is 0.757 bits per heavy atom. The maximum absolute atomic E-state index is 6.96. The number of benzene rings is 3. The Hall–Kier alpha value is -2.50. The van der Waals surface area contributed by atoms with Gasteiger partial charge >= 0.3 is 0 Å². The molecule has 0 saturated carbocycles. The lowest BCUT2D eigenvalue weighted by Crippen LogP contribution is -2.42. The maximum atomic E-state index is 6.96. The molecule has 0 amide bonds. The van der Waals surface area contributed by atoms with Crippen LogP contribution in [0, 0.1) is 0 Å². The Balaban J connectivity index is 1.26. The van der Waals surface area contributed by atoms with Crippen LogP contribution in [-0.4, -0.2) is 40.4 Å². The van der Waals surface area contributed by atoms with E-state index in [1.807, 2.05) is 0 Å². The summed E-state index contributed by atoms with van der Waals surface area (Å²) in [5.41, 5.74) is 2.81. The Labute approximate surface area is 221 Å². The molecule has 3 aromatic rings. The minimum absolute atomic E-state index is 0.120. The third-order valence-electron chi connectivity index (χ3n) is 8.78. The van der Waals surface area contributed by atoms with Gasteiger partial charge in [0.15, 0.2) is 0 Å². The first-order valence-corrected chi connectivity index (χ1v) is 13.8. The molecule has 0 aliphatic carbocycles. The molecule has 4 nitrogen and oxygen atoms in total. The van der Waals surface area contributed by atoms with Crippen molar-refractivity contribution < 1.29 is 14.2 Å². The van der Waals surface area contributed by atoms with Crippen LogP contribution in [0.4, 0.5) is 0 Å². The molecule has 194 valence electrons. The summed E-state index contributed by atoms with van der Waals surface area (Å²) < 4.78 is 20.9. The summed E-state index contributed by atoms with van der Waals surface area (Å²) in [5, 5.41) is 0. The van der Waals surface area contributed by atoms with Gasteiger partial charge < -0.3 is 14.2 Å². The second-order valence-corrected chi connectivity index (χ2v) is 11.8. The highest BCUT2D eigenvalue weighted by Crippen LogP contribution is 2.57. The van der Waals surface area contributed by atoms with Crippen LogP contribution in [0.3, 0.4) is 0 Å². The van der Waals surface area contributed by atoms with Crippen molar-refractivity contribution in [3.8, 4) is 0 Å². The smallest absolute Gasteiger partial charge is 0.144 e. The number of rotatable bonds is 9. The standard InChI is InChI=1S/C33H39NO3/c1-31(22-19-25-13-7-4-8-14-25)28-34-29(35-31)32(2,23-20-26-15-9-5-10-16-26)37-30(34)33(3,36-28)24-21-27-17-11-6-12-18-27/h4-18,28-30H,19-24H2,1-3H3/t28-,29-,30-,31-,32-,33+/m0/s1. The Morgan fingerprint density at radius 3 is 1.03 bits per heavy atom. The van der Waals surface area contributed by atoms with Crippen LogP contribution in [0.5, 0.6) is 0 Å². The predicted octanol–water partition coefficient (Wildman–Crippen LogP) is 6.53. The van der Waals surface area contributed by atoms with Gasteiger partial charge in [-0.15, -0.1) is 0 Å². The number of hydrogen-bond acceptors (Lipinski definition) is 4. The molecule has 4 heteroatoms. The zero-order valence-corrected chi connectivity index (χ0v) is 22.3. The van der Waals surface area contributed by atoms with Crippen LogP contribution in [0.2, 0.25) is 0 Å². The minimum atomic E-state index is -0.402. The molecular weight excluding hydrogens is 458 g/mol. The summed E-state index contributed by atoms with van der Waals surface area (Å²) in [6.07, 6.45) is 5.25. The van der Waals surface area contributed by atoms with E-state index in [-0.39, 0.29) is 18.7 Å². The molecule has 3 aromatic carbocycles. The minimum Gasteiger partial charge on any atom is -0.350 e. The third kappa shape index (κ3) is 4.66. The van der Waals surface area contributed by atoms with E-state index in [9.17, 15) is 0 Å². The average molecular weight is 498 g/mol. The Morgan fingerprint density at radius 1 is 0.486 bits per heavy atom. The molecular formula is C33H39NO3. The van der Waals surface area contributed by atoms with Crippen LogP contribution in [0.25, 0.3) is 0 Å². The van der Waals surface area contributed by atoms with Gasteiger partial charge in [0.2, 0.25) is 0 Å². The van der Waals surface area contributed by atoms with Crippen molar-refractivity contribution in [3.05, 3.63) is 108 Å². The van der Waals surface area contributed by atoms with E-state index in [0.29, 0.717) is 0 Å². The summed E-state index contributed by atoms with van der Waals surface area (Å²) in [4.78, 5) is 2.43. The van der Waals surface area contributed by atoms with Crippen molar-refractivity contribution in [2.45, 2.75) is 94.8 Å². The first kappa shape index (κ1) is 24.8. The lowest BCUT2D eigenvalue weighted by atomic mass is 9.95. The van der Waals surface area contributed by atoms with Crippen molar-refractivity contribution in [2.24, 2.45) is 0 Å². The molecule has 37 heavy (non-hydrogen) atoms. The molecule has 0 N–H and O–H groups in total. The summed E-state index contributed by atoms with van der Waals surface area (Å²) in [5.74, 6) is 0. The van der Waals surface area contributed by atoms with E-state index in [2.05, 4.69) is 117 Å². The predicted molar refractivity (Wildman–Crippen MR) is 146 cm³/mol. The summed E-state index contributed by atoms with van der Waals surface area (Å²) >= 11 is 0. The van der Waals surface area contributed by atoms with E-state index in [4.69, 9.17) is 14.2 Å². The fourth-order valence-electron chi connectivity index (χ4n) is 6.47. The molecule has 0 radical (unpaired) electrons. The van der Waals surface area contributed by atoms with Gasteiger partial charge in [0.25, 0.3) is 0 Å². The van der Waals surface area contributed by atoms with E-state index >= 15 is 0 Å². The maximum Gasteiger partial charge on any atom is 0.144 e. The highest BCUT2D eigenvalue weighted by molar-refractivity contribution is 5.20. The highest BCUT2D eigenvalue weighted by Gasteiger charge is 2.72. The van der Waals surface area contributed by atoms with Crippen molar-refractivity contribution in [1.82, 2.24) is 4.90 Å². The van der Waals surface area contributed by atoms with E-state index < -0.39 is 16.8 Å². The van der Waals surface area contributed by atoms with Crippen LogP contribution in [0.1, 0.15) is 56.7 Å². The van der Waals surface area contributed by atoms with Crippen molar-refractivity contribution >= 4 is 0 Å². The zero-order valence-electron chi connectivity index (χ0n) is 22.3. The van der Waals surface area contributed by atoms with Crippen molar-refractivity contribution in [3.63, 3.8) is 0 Å². The molecule has 3 fully saturated rings. The van der Waals surface area contributed by atoms with E-state index in [1.54, 1.807) is 0 Å². The van der Waals surface area contributed by atoms with Gasteiger partial charge in [0.1, 0.15) is 35.5 Å². The molecule has 3 aliphatic heterocycles. The fraction of sp³-hybridized carbons (Fsp3) is 0.455. The van der Waals surface area contributed by atoms with Gasteiger partial charge in [-0.3, -0.25) is 0 Å². The quantitative estimate of drug-likeness (QED) is 0.336. The molecule has 0 aromatic heterocycles. The average Bonchev–Trinajstić information content (AvgIpc) is 3.50. The van der Waals surface area contributed by atoms with Crippen molar-refractivity contribution in [1.29, 1.82) is 0 Å². The first-order valence-electron chi connectivity index (χ1n) is 13.8. The molecule has 0 unspecified atom stereocenters. The second-order valence-electron chi connectivity index (χ2n) is 11.8. The second kappa shape index (κ2) is 9.67. The number of ether oxygens (including phenoxy) is 3. The summed E-state index contributed by atoms with van der Waals surface area (Å²) in [7, 11) is 0. The molecule has 0 bridgehead atoms. The molecule has 6 atom stereocenters. The topological polar surface area (TPSA) is 30.9 Å². The molecule has 3 saturated heterocycles. The zero-order chi connectivity index (χ0) is 25.5. The lowest BCUT2D eigenvalue weighted by molar-refractivity contribution is -0.135. The Kier molecular flexibility index (Phi) is 6.48. The Bertz CT molecular complexity index is 1040. The van der Waals surface area contributed by atoms with Crippen LogP contribution in [-0.2, 0) is 33.5 Å². The summed E-state index contributed by atoms with van der Waals surface area (Å²) in [6.45, 7) is 6.74. The van der Waals surface area contributed by atoms with Gasteiger partial charge in [-0.2, -0.15) is 0 Å². The van der Waals surface area contributed by atoms with Crippen LogP contribution in [0.15, 0.2) is 91.0 Å². The van der Waals surface area contributed by atoms with Gasteiger partial charge in [0.05, 0.1) is 0 Å². The van der Waals surface area contributed by atoms with Gasteiger partial charge in [-0.1, -0.05) is 91.0 Å². The lowest BCUT2D eigenvalue weighted by Gasteiger charge is -2.32. The van der Waals surface area contributed by atoms with Crippen LogP contribution >= 0.6 is 0 Å². The fourth-order valence-corrected chi connectivity index (χ4v) is 6.47. The molecule has 0 spiro atoms. The number of nitrogens with zero attached hydrogens (tertiary/aromatic N) is 1. The molecule has 3 heterocycles. The van der Waals surface area contributed by atoms with Crippen LogP contribution < -0.4 is 0 Å².